The second-order valence-electron chi connectivity index (χ2n) is 9.00. The van der Waals surface area contributed by atoms with Gasteiger partial charge in [-0.3, -0.25) is 19.8 Å². The van der Waals surface area contributed by atoms with Crippen molar-refractivity contribution in [2.75, 3.05) is 0 Å². The third-order valence-corrected chi connectivity index (χ3v) is 6.97. The van der Waals surface area contributed by atoms with Gasteiger partial charge in [0.25, 0.3) is 0 Å². The number of benzene rings is 2. The van der Waals surface area contributed by atoms with E-state index in [-0.39, 0.29) is 36.3 Å². The van der Waals surface area contributed by atoms with Gasteiger partial charge in [-0.2, -0.15) is 4.72 Å². The molecule has 14 nitrogen and oxygen atoms in total. The summed E-state index contributed by atoms with van der Waals surface area (Å²) < 4.78 is 27.6. The molecule has 40 heavy (non-hydrogen) atoms. The Bertz CT molecular complexity index is 1360. The van der Waals surface area contributed by atoms with E-state index in [0.29, 0.717) is 11.1 Å². The van der Waals surface area contributed by atoms with Crippen LogP contribution in [0, 0.1) is 5.41 Å². The fourth-order valence-corrected chi connectivity index (χ4v) is 4.94. The number of hydrogen-bond donors (Lipinski definition) is 8. The Hall–Kier alpha value is -4.34. The fraction of sp³-hybridized carbons (Fsp3) is 0.320. The number of hydrogen-bond acceptors (Lipinski definition) is 8. The molecule has 0 heterocycles. The predicted molar refractivity (Wildman–Crippen MR) is 144 cm³/mol. The van der Waals surface area contributed by atoms with Crippen molar-refractivity contribution in [3.8, 4) is 0 Å². The molecule has 3 amide bonds. The summed E-state index contributed by atoms with van der Waals surface area (Å²) in [6, 6.07) is 8.66. The topological polar surface area (TPSA) is 255 Å². The first-order chi connectivity index (χ1) is 18.7. The number of rotatable bonds is 15. The number of carbonyl (C=O) groups is 4. The molecule has 0 aliphatic heterocycles. The van der Waals surface area contributed by atoms with Crippen LogP contribution in [0.15, 0.2) is 48.5 Å². The highest BCUT2D eigenvalue weighted by Gasteiger charge is 2.32. The van der Waals surface area contributed by atoms with Gasteiger partial charge in [0.05, 0.1) is 17.4 Å². The molecule has 0 aliphatic rings. The van der Waals surface area contributed by atoms with Gasteiger partial charge in [-0.15, -0.1) is 0 Å². The van der Waals surface area contributed by atoms with E-state index in [4.69, 9.17) is 22.0 Å². The maximum absolute atomic E-state index is 13.0. The van der Waals surface area contributed by atoms with Gasteiger partial charge < -0.3 is 32.3 Å². The Labute approximate surface area is 230 Å². The summed E-state index contributed by atoms with van der Waals surface area (Å²) in [4.78, 5) is 48.4. The summed E-state index contributed by atoms with van der Waals surface area (Å²) in [5.41, 5.74) is 11.8. The molecule has 216 valence electrons. The molecule has 0 aliphatic carbocycles. The van der Waals surface area contributed by atoms with Crippen LogP contribution in [0.1, 0.15) is 46.8 Å². The highest BCUT2D eigenvalue weighted by atomic mass is 32.2. The summed E-state index contributed by atoms with van der Waals surface area (Å²) in [7, 11) is -4.27. The number of amides is 3. The largest absolute Gasteiger partial charge is 0.478 e. The van der Waals surface area contributed by atoms with Crippen molar-refractivity contribution in [1.29, 1.82) is 5.41 Å². The molecule has 2 rings (SSSR count). The highest BCUT2D eigenvalue weighted by molar-refractivity contribution is 7.88. The van der Waals surface area contributed by atoms with Crippen LogP contribution < -0.4 is 26.8 Å². The van der Waals surface area contributed by atoms with E-state index in [0.717, 1.165) is 6.07 Å². The number of carboxylic acids is 1. The van der Waals surface area contributed by atoms with Crippen molar-refractivity contribution in [1.82, 2.24) is 15.4 Å². The van der Waals surface area contributed by atoms with E-state index in [1.165, 1.54) is 25.1 Å². The molecule has 10 N–H and O–H groups in total. The molecule has 3 atom stereocenters. The lowest BCUT2D eigenvalue weighted by Gasteiger charge is -2.24. The molecule has 0 spiro atoms. The van der Waals surface area contributed by atoms with Crippen LogP contribution >= 0.6 is 0 Å². The number of primary amides is 1. The summed E-state index contributed by atoms with van der Waals surface area (Å²) in [6.45, 7) is 1.20. The Morgan fingerprint density at radius 2 is 1.62 bits per heavy atom. The molecule has 2 aromatic carbocycles. The number of amidine groups is 1. The lowest BCUT2D eigenvalue weighted by Crippen LogP contribution is -2.57. The first-order valence-corrected chi connectivity index (χ1v) is 13.6. The van der Waals surface area contributed by atoms with Gasteiger partial charge in [0.2, 0.25) is 27.7 Å². The number of sulfonamides is 1. The minimum Gasteiger partial charge on any atom is -0.478 e. The van der Waals surface area contributed by atoms with Crippen LogP contribution in [0.2, 0.25) is 0 Å². The average molecular weight is 577 g/mol. The summed E-state index contributed by atoms with van der Waals surface area (Å²) in [6.07, 6.45) is -1.99. The quantitative estimate of drug-likeness (QED) is 0.0944. The second-order valence-corrected chi connectivity index (χ2v) is 10.7. The van der Waals surface area contributed by atoms with Crippen molar-refractivity contribution in [2.45, 2.75) is 50.3 Å². The van der Waals surface area contributed by atoms with Gasteiger partial charge in [0.15, 0.2) is 0 Å². The molecule has 1 unspecified atom stereocenters. The highest BCUT2D eigenvalue weighted by Crippen LogP contribution is 2.11. The predicted octanol–water partition coefficient (Wildman–Crippen LogP) is -1.10. The third kappa shape index (κ3) is 10.1. The maximum Gasteiger partial charge on any atom is 0.335 e. The van der Waals surface area contributed by atoms with Crippen molar-refractivity contribution >= 4 is 39.5 Å². The zero-order chi connectivity index (χ0) is 30.0. The SMILES string of the molecule is CC(O)[C@@H](NS(=O)(=O)Cc1cccc(C(=O)O)c1)C(=O)N[C@@H](CCC(N)=O)C(=O)NCc1ccc(C(=N)N)cc1. The molecule has 15 heteroatoms. The number of carbonyl (C=O) groups excluding carboxylic acids is 3. The molecular weight excluding hydrogens is 544 g/mol. The normalized spacial score (nSPS) is 13.4. The smallest absolute Gasteiger partial charge is 0.335 e. The Morgan fingerprint density at radius 1 is 0.975 bits per heavy atom. The molecule has 0 saturated carbocycles. The van der Waals surface area contributed by atoms with Crippen LogP contribution in [-0.2, 0) is 36.7 Å². The lowest BCUT2D eigenvalue weighted by molar-refractivity contribution is -0.131. The first kappa shape index (κ1) is 31.9. The summed E-state index contributed by atoms with van der Waals surface area (Å²) in [5, 5.41) is 31.6. The zero-order valence-corrected chi connectivity index (χ0v) is 22.4. The number of nitrogens with two attached hydrogens (primary N) is 2. The van der Waals surface area contributed by atoms with Crippen LogP contribution in [0.5, 0.6) is 0 Å². The standard InChI is InChI=1S/C25H32N6O8S/c1-14(32)21(31-40(38,39)13-16-3-2-4-18(11-16)25(36)37)24(35)30-19(9-10-20(26)33)23(34)29-12-15-5-7-17(8-6-15)22(27)28/h2-8,11,14,19,21,31-32H,9-10,12-13H2,1H3,(H2,26,33)(H3,27,28)(H,29,34)(H,30,35)(H,36,37)/t14?,19-,21+/m0/s1. The number of nitrogens with one attached hydrogen (secondary N) is 4. The summed E-state index contributed by atoms with van der Waals surface area (Å²) in [5.74, 6) is -4.51. The van der Waals surface area contributed by atoms with Crippen molar-refractivity contribution in [2.24, 2.45) is 11.5 Å². The van der Waals surface area contributed by atoms with E-state index in [1.807, 2.05) is 0 Å². The van der Waals surface area contributed by atoms with E-state index < -0.39 is 57.7 Å². The van der Waals surface area contributed by atoms with Crippen molar-refractivity contribution in [3.05, 3.63) is 70.8 Å². The monoisotopic (exact) mass is 576 g/mol. The molecule has 0 bridgehead atoms. The second kappa shape index (κ2) is 14.2. The van der Waals surface area contributed by atoms with Crippen LogP contribution in [-0.4, -0.2) is 66.3 Å². The van der Waals surface area contributed by atoms with Gasteiger partial charge in [-0.25, -0.2) is 13.2 Å². The van der Waals surface area contributed by atoms with E-state index >= 15 is 0 Å². The first-order valence-electron chi connectivity index (χ1n) is 12.0. The average Bonchev–Trinajstić information content (AvgIpc) is 2.88. The Kier molecular flexibility index (Phi) is 11.3. The number of nitrogen functional groups attached to an aromatic ring is 1. The van der Waals surface area contributed by atoms with Gasteiger partial charge >= 0.3 is 5.97 Å². The molecule has 0 saturated heterocycles. The van der Waals surface area contributed by atoms with E-state index in [2.05, 4.69) is 15.4 Å². The molecule has 0 fully saturated rings. The van der Waals surface area contributed by atoms with Crippen molar-refractivity contribution < 1.29 is 37.8 Å². The summed E-state index contributed by atoms with van der Waals surface area (Å²) >= 11 is 0. The minimum absolute atomic E-state index is 0.0296. The van der Waals surface area contributed by atoms with Gasteiger partial charge in [0.1, 0.15) is 17.9 Å². The molecule has 0 aromatic heterocycles. The van der Waals surface area contributed by atoms with E-state index in [1.54, 1.807) is 24.3 Å². The third-order valence-electron chi connectivity index (χ3n) is 5.65. The van der Waals surface area contributed by atoms with Crippen LogP contribution in [0.25, 0.3) is 0 Å². The van der Waals surface area contributed by atoms with Gasteiger partial charge in [-0.1, -0.05) is 36.4 Å². The number of aliphatic hydroxyl groups is 1. The van der Waals surface area contributed by atoms with Crippen LogP contribution in [0.4, 0.5) is 0 Å². The van der Waals surface area contributed by atoms with Gasteiger partial charge in [0, 0.05) is 18.5 Å². The molecule has 2 aromatic rings. The minimum atomic E-state index is -4.27. The molecular formula is C25H32N6O8S. The Morgan fingerprint density at radius 3 is 2.17 bits per heavy atom. The Balaban J connectivity index is 2.13. The number of aromatic carboxylic acids is 1. The van der Waals surface area contributed by atoms with Crippen LogP contribution in [0.3, 0.4) is 0 Å². The number of aliphatic hydroxyl groups excluding tert-OH is 1. The fourth-order valence-electron chi connectivity index (χ4n) is 3.55. The zero-order valence-electron chi connectivity index (χ0n) is 21.6. The van der Waals surface area contributed by atoms with E-state index in [9.17, 15) is 32.7 Å². The number of carboxylic acid groups (broad SMARTS) is 1. The van der Waals surface area contributed by atoms with Crippen molar-refractivity contribution in [3.63, 3.8) is 0 Å². The molecule has 0 radical (unpaired) electrons. The lowest BCUT2D eigenvalue weighted by atomic mass is 10.1. The maximum atomic E-state index is 13.0. The van der Waals surface area contributed by atoms with Gasteiger partial charge in [-0.05, 0) is 36.6 Å².